The summed E-state index contributed by atoms with van der Waals surface area (Å²) >= 11 is 0. The summed E-state index contributed by atoms with van der Waals surface area (Å²) in [4.78, 5) is 4.04. The van der Waals surface area contributed by atoms with Crippen LogP contribution in [0.4, 0.5) is 0 Å². The second kappa shape index (κ2) is 7.06. The number of nitrogens with one attached hydrogen (secondary N) is 1. The monoisotopic (exact) mass is 210 g/mol. The Morgan fingerprint density at radius 2 is 2.00 bits per heavy atom. The minimum atomic E-state index is 0.644. The van der Waals surface area contributed by atoms with Crippen LogP contribution in [0.25, 0.3) is 0 Å². The fraction of sp³-hybridized carbons (Fsp3) is 0.545. The standard InChI is InChI=1S/C11H18N2O2/c1-3-14-10-7-11(9-13-8-10)15-6-4-5-12-2/h7-9,12H,3-6H2,1-2H3. The Morgan fingerprint density at radius 3 is 2.67 bits per heavy atom. The van der Waals surface area contributed by atoms with Crippen molar-refractivity contribution in [2.24, 2.45) is 0 Å². The molecule has 0 saturated carbocycles. The van der Waals surface area contributed by atoms with Crippen LogP contribution in [0.3, 0.4) is 0 Å². The van der Waals surface area contributed by atoms with Gasteiger partial charge in [0, 0.05) is 6.07 Å². The zero-order valence-electron chi connectivity index (χ0n) is 9.32. The predicted molar refractivity (Wildman–Crippen MR) is 59.4 cm³/mol. The summed E-state index contributed by atoms with van der Waals surface area (Å²) in [7, 11) is 1.93. The van der Waals surface area contributed by atoms with E-state index in [1.807, 2.05) is 20.0 Å². The van der Waals surface area contributed by atoms with Crippen LogP contribution in [-0.2, 0) is 0 Å². The lowest BCUT2D eigenvalue weighted by atomic mass is 10.4. The molecule has 84 valence electrons. The van der Waals surface area contributed by atoms with Gasteiger partial charge in [-0.3, -0.25) is 4.98 Å². The molecule has 1 rings (SSSR count). The molecule has 0 spiro atoms. The van der Waals surface area contributed by atoms with E-state index in [4.69, 9.17) is 9.47 Å². The van der Waals surface area contributed by atoms with E-state index < -0.39 is 0 Å². The van der Waals surface area contributed by atoms with Crippen molar-refractivity contribution in [1.29, 1.82) is 0 Å². The highest BCUT2D eigenvalue weighted by Crippen LogP contribution is 2.17. The molecule has 0 bridgehead atoms. The molecule has 4 nitrogen and oxygen atoms in total. The van der Waals surface area contributed by atoms with Crippen molar-refractivity contribution in [1.82, 2.24) is 10.3 Å². The lowest BCUT2D eigenvalue weighted by Gasteiger charge is -2.07. The van der Waals surface area contributed by atoms with Gasteiger partial charge in [-0.2, -0.15) is 0 Å². The quantitative estimate of drug-likeness (QED) is 0.692. The van der Waals surface area contributed by atoms with Crippen molar-refractivity contribution in [2.75, 3.05) is 26.8 Å². The van der Waals surface area contributed by atoms with E-state index in [-0.39, 0.29) is 0 Å². The molecule has 0 saturated heterocycles. The van der Waals surface area contributed by atoms with Crippen molar-refractivity contribution in [2.45, 2.75) is 13.3 Å². The zero-order valence-corrected chi connectivity index (χ0v) is 9.32. The first kappa shape index (κ1) is 11.8. The van der Waals surface area contributed by atoms with Crippen LogP contribution in [0.15, 0.2) is 18.5 Å². The summed E-state index contributed by atoms with van der Waals surface area (Å²) < 4.78 is 10.8. The third-order valence-electron chi connectivity index (χ3n) is 1.84. The van der Waals surface area contributed by atoms with Gasteiger partial charge < -0.3 is 14.8 Å². The maximum atomic E-state index is 5.51. The molecule has 0 radical (unpaired) electrons. The number of hydrogen-bond acceptors (Lipinski definition) is 4. The molecule has 0 aliphatic carbocycles. The highest BCUT2D eigenvalue weighted by molar-refractivity contribution is 5.28. The summed E-state index contributed by atoms with van der Waals surface area (Å²) in [6.07, 6.45) is 4.36. The van der Waals surface area contributed by atoms with Crippen molar-refractivity contribution in [3.05, 3.63) is 18.5 Å². The number of nitrogens with zero attached hydrogens (tertiary/aromatic N) is 1. The Balaban J connectivity index is 2.36. The largest absolute Gasteiger partial charge is 0.492 e. The zero-order chi connectivity index (χ0) is 10.9. The first-order chi connectivity index (χ1) is 7.36. The molecular formula is C11H18N2O2. The van der Waals surface area contributed by atoms with Gasteiger partial charge in [0.25, 0.3) is 0 Å². The van der Waals surface area contributed by atoms with E-state index in [1.54, 1.807) is 12.4 Å². The molecule has 0 amide bonds. The van der Waals surface area contributed by atoms with Gasteiger partial charge in [-0.1, -0.05) is 0 Å². The summed E-state index contributed by atoms with van der Waals surface area (Å²) in [6.45, 7) is 4.24. The Labute approximate surface area is 90.6 Å². The minimum absolute atomic E-state index is 0.644. The van der Waals surface area contributed by atoms with Gasteiger partial charge in [-0.05, 0) is 26.9 Å². The van der Waals surface area contributed by atoms with Gasteiger partial charge in [0.15, 0.2) is 0 Å². The molecule has 4 heteroatoms. The Hall–Kier alpha value is -1.29. The molecule has 1 aromatic heterocycles. The van der Waals surface area contributed by atoms with Gasteiger partial charge in [0.05, 0.1) is 25.6 Å². The number of aromatic nitrogens is 1. The fourth-order valence-corrected chi connectivity index (χ4v) is 1.16. The van der Waals surface area contributed by atoms with Crippen molar-refractivity contribution < 1.29 is 9.47 Å². The highest BCUT2D eigenvalue weighted by atomic mass is 16.5. The van der Waals surface area contributed by atoms with Crippen LogP contribution in [0.5, 0.6) is 11.5 Å². The SMILES string of the molecule is CCOc1cncc(OCCCNC)c1. The van der Waals surface area contributed by atoms with Crippen LogP contribution < -0.4 is 14.8 Å². The molecule has 1 aromatic rings. The van der Waals surface area contributed by atoms with E-state index in [1.165, 1.54) is 0 Å². The third kappa shape index (κ3) is 4.65. The average molecular weight is 210 g/mol. The van der Waals surface area contributed by atoms with E-state index in [0.717, 1.165) is 24.5 Å². The first-order valence-electron chi connectivity index (χ1n) is 5.22. The van der Waals surface area contributed by atoms with Crippen molar-refractivity contribution in [3.63, 3.8) is 0 Å². The number of hydrogen-bond donors (Lipinski definition) is 1. The van der Waals surface area contributed by atoms with E-state index in [9.17, 15) is 0 Å². The Morgan fingerprint density at radius 1 is 1.27 bits per heavy atom. The number of ether oxygens (including phenoxy) is 2. The lowest BCUT2D eigenvalue weighted by Crippen LogP contribution is -2.11. The first-order valence-corrected chi connectivity index (χ1v) is 5.22. The van der Waals surface area contributed by atoms with Crippen LogP contribution in [-0.4, -0.2) is 31.8 Å². The molecule has 1 heterocycles. The van der Waals surface area contributed by atoms with Crippen LogP contribution in [0.2, 0.25) is 0 Å². The second-order valence-corrected chi connectivity index (χ2v) is 3.09. The van der Waals surface area contributed by atoms with Crippen LogP contribution in [0, 0.1) is 0 Å². The maximum Gasteiger partial charge on any atom is 0.141 e. The highest BCUT2D eigenvalue weighted by Gasteiger charge is 1.97. The lowest BCUT2D eigenvalue weighted by molar-refractivity contribution is 0.301. The van der Waals surface area contributed by atoms with Gasteiger partial charge >= 0.3 is 0 Å². The average Bonchev–Trinajstić information content (AvgIpc) is 2.26. The third-order valence-corrected chi connectivity index (χ3v) is 1.84. The normalized spacial score (nSPS) is 10.0. The molecule has 0 aliphatic rings. The topological polar surface area (TPSA) is 43.4 Å². The second-order valence-electron chi connectivity index (χ2n) is 3.09. The number of pyridine rings is 1. The molecule has 1 N–H and O–H groups in total. The van der Waals surface area contributed by atoms with Gasteiger partial charge in [-0.25, -0.2) is 0 Å². The van der Waals surface area contributed by atoms with Crippen LogP contribution >= 0.6 is 0 Å². The van der Waals surface area contributed by atoms with Crippen molar-refractivity contribution in [3.8, 4) is 11.5 Å². The molecule has 0 atom stereocenters. The van der Waals surface area contributed by atoms with Crippen molar-refractivity contribution >= 4 is 0 Å². The van der Waals surface area contributed by atoms with E-state index in [0.29, 0.717) is 13.2 Å². The molecule has 0 aliphatic heterocycles. The predicted octanol–water partition coefficient (Wildman–Crippen LogP) is 1.47. The van der Waals surface area contributed by atoms with Crippen LogP contribution in [0.1, 0.15) is 13.3 Å². The van der Waals surface area contributed by atoms with Gasteiger partial charge in [0.1, 0.15) is 11.5 Å². The molecule has 0 aromatic carbocycles. The van der Waals surface area contributed by atoms with Gasteiger partial charge in [-0.15, -0.1) is 0 Å². The number of rotatable bonds is 7. The molecule has 15 heavy (non-hydrogen) atoms. The smallest absolute Gasteiger partial charge is 0.141 e. The fourth-order valence-electron chi connectivity index (χ4n) is 1.16. The Kier molecular flexibility index (Phi) is 5.55. The van der Waals surface area contributed by atoms with Gasteiger partial charge in [0.2, 0.25) is 0 Å². The molecular weight excluding hydrogens is 192 g/mol. The molecule has 0 fully saturated rings. The Bertz CT molecular complexity index is 279. The maximum absolute atomic E-state index is 5.51. The van der Waals surface area contributed by atoms with E-state index in [2.05, 4.69) is 10.3 Å². The van der Waals surface area contributed by atoms with E-state index >= 15 is 0 Å². The summed E-state index contributed by atoms with van der Waals surface area (Å²) in [6, 6.07) is 1.86. The minimum Gasteiger partial charge on any atom is -0.492 e. The summed E-state index contributed by atoms with van der Waals surface area (Å²) in [5.74, 6) is 1.51. The summed E-state index contributed by atoms with van der Waals surface area (Å²) in [5.41, 5.74) is 0. The summed E-state index contributed by atoms with van der Waals surface area (Å²) in [5, 5.41) is 3.07. The molecule has 0 unspecified atom stereocenters.